The van der Waals surface area contributed by atoms with Crippen LogP contribution in [0.5, 0.6) is 5.75 Å². The van der Waals surface area contributed by atoms with Crippen molar-refractivity contribution >= 4 is 11.8 Å². The van der Waals surface area contributed by atoms with Crippen LogP contribution >= 0.6 is 0 Å². The molecule has 3 fully saturated rings. The summed E-state index contributed by atoms with van der Waals surface area (Å²) >= 11 is 0. The van der Waals surface area contributed by atoms with Gasteiger partial charge in [-0.15, -0.1) is 0 Å². The highest BCUT2D eigenvalue weighted by Gasteiger charge is 2.40. The van der Waals surface area contributed by atoms with Gasteiger partial charge in [-0.3, -0.25) is 14.5 Å². The van der Waals surface area contributed by atoms with Crippen LogP contribution in [0.4, 0.5) is 0 Å². The fourth-order valence-corrected chi connectivity index (χ4v) is 5.45. The SMILES string of the molecule is O=C([C@@H]1CC(=O)N(C2CCCC2)C1)N1CCN(Cc2ccc3c(c2)CCO3)CC1. The Hall–Kier alpha value is -2.08. The predicted octanol–water partition coefficient (Wildman–Crippen LogP) is 2.06. The minimum absolute atomic E-state index is 0.133. The highest BCUT2D eigenvalue weighted by molar-refractivity contribution is 5.89. The Morgan fingerprint density at radius 2 is 1.90 bits per heavy atom. The quantitative estimate of drug-likeness (QED) is 0.780. The Bertz CT molecular complexity index is 782. The molecule has 4 aliphatic rings. The number of ether oxygens (including phenoxy) is 1. The number of nitrogens with zero attached hydrogens (tertiary/aromatic N) is 3. The van der Waals surface area contributed by atoms with E-state index in [9.17, 15) is 9.59 Å². The van der Waals surface area contributed by atoms with Crippen LogP contribution < -0.4 is 4.74 Å². The Morgan fingerprint density at radius 1 is 1.10 bits per heavy atom. The lowest BCUT2D eigenvalue weighted by atomic mass is 10.1. The van der Waals surface area contributed by atoms with E-state index < -0.39 is 0 Å². The molecule has 6 nitrogen and oxygen atoms in total. The van der Waals surface area contributed by atoms with Crippen molar-refractivity contribution in [2.45, 2.75) is 51.1 Å². The average Bonchev–Trinajstić information content (AvgIpc) is 3.48. The average molecular weight is 398 g/mol. The molecule has 0 aromatic heterocycles. The second-order valence-electron chi connectivity index (χ2n) is 9.03. The minimum atomic E-state index is -0.133. The van der Waals surface area contributed by atoms with E-state index >= 15 is 0 Å². The fourth-order valence-electron chi connectivity index (χ4n) is 5.45. The van der Waals surface area contributed by atoms with Gasteiger partial charge in [0.2, 0.25) is 11.8 Å². The Labute approximate surface area is 172 Å². The number of fused-ring (bicyclic) bond motifs is 1. The summed E-state index contributed by atoms with van der Waals surface area (Å²) in [5.74, 6) is 1.27. The van der Waals surface area contributed by atoms with Crippen LogP contribution in [0.15, 0.2) is 18.2 Å². The Balaban J connectivity index is 1.13. The smallest absolute Gasteiger partial charge is 0.228 e. The van der Waals surface area contributed by atoms with Gasteiger partial charge in [-0.05, 0) is 30.0 Å². The number of carbonyl (C=O) groups excluding carboxylic acids is 2. The molecule has 0 spiro atoms. The molecule has 1 aliphatic carbocycles. The number of benzene rings is 1. The molecule has 1 atom stereocenters. The topological polar surface area (TPSA) is 53.1 Å². The summed E-state index contributed by atoms with van der Waals surface area (Å²) in [7, 11) is 0. The lowest BCUT2D eigenvalue weighted by Crippen LogP contribution is -2.50. The molecule has 0 unspecified atom stereocenters. The first-order valence-electron chi connectivity index (χ1n) is 11.2. The van der Waals surface area contributed by atoms with Crippen LogP contribution in [-0.2, 0) is 22.6 Å². The number of amides is 2. The van der Waals surface area contributed by atoms with Gasteiger partial charge >= 0.3 is 0 Å². The summed E-state index contributed by atoms with van der Waals surface area (Å²) in [5, 5.41) is 0. The van der Waals surface area contributed by atoms with E-state index in [2.05, 4.69) is 23.1 Å². The normalized spacial score (nSPS) is 25.5. The van der Waals surface area contributed by atoms with Crippen LogP contribution in [0.1, 0.15) is 43.2 Å². The first-order chi connectivity index (χ1) is 14.2. The molecule has 156 valence electrons. The third-order valence-corrected chi connectivity index (χ3v) is 7.12. The standard InChI is InChI=1S/C23H31N3O3/c27-22-14-19(16-26(22)20-3-1-2-4-20)23(28)25-10-8-24(9-11-25)15-17-5-6-21-18(13-17)7-12-29-21/h5-6,13,19-20H,1-4,7-12,14-16H2/t19-/m1/s1. The van der Waals surface area contributed by atoms with Crippen molar-refractivity contribution in [1.82, 2.24) is 14.7 Å². The maximum Gasteiger partial charge on any atom is 0.228 e. The lowest BCUT2D eigenvalue weighted by Gasteiger charge is -2.36. The molecule has 0 bridgehead atoms. The summed E-state index contributed by atoms with van der Waals surface area (Å²) < 4.78 is 5.59. The molecule has 29 heavy (non-hydrogen) atoms. The highest BCUT2D eigenvalue weighted by atomic mass is 16.5. The van der Waals surface area contributed by atoms with Crippen LogP contribution in [0.2, 0.25) is 0 Å². The predicted molar refractivity (Wildman–Crippen MR) is 110 cm³/mol. The van der Waals surface area contributed by atoms with E-state index in [1.807, 2.05) is 9.80 Å². The Kier molecular flexibility index (Phi) is 5.20. The third kappa shape index (κ3) is 3.87. The van der Waals surface area contributed by atoms with Gasteiger partial charge in [-0.1, -0.05) is 25.0 Å². The zero-order valence-corrected chi connectivity index (χ0v) is 17.1. The molecular formula is C23H31N3O3. The maximum absolute atomic E-state index is 13.0. The molecule has 1 aromatic rings. The fraction of sp³-hybridized carbons (Fsp3) is 0.652. The molecule has 3 aliphatic heterocycles. The van der Waals surface area contributed by atoms with Crippen molar-refractivity contribution in [1.29, 1.82) is 0 Å². The van der Waals surface area contributed by atoms with Gasteiger partial charge in [0.15, 0.2) is 0 Å². The van der Waals surface area contributed by atoms with E-state index in [4.69, 9.17) is 4.74 Å². The van der Waals surface area contributed by atoms with Crippen LogP contribution in [-0.4, -0.2) is 71.9 Å². The van der Waals surface area contributed by atoms with Gasteiger partial charge in [0.1, 0.15) is 5.75 Å². The first-order valence-corrected chi connectivity index (χ1v) is 11.2. The lowest BCUT2D eigenvalue weighted by molar-refractivity contribution is -0.137. The number of carbonyl (C=O) groups is 2. The van der Waals surface area contributed by atoms with Crippen molar-refractivity contribution in [3.63, 3.8) is 0 Å². The van der Waals surface area contributed by atoms with Crippen LogP contribution in [0.25, 0.3) is 0 Å². The molecule has 0 radical (unpaired) electrons. The van der Waals surface area contributed by atoms with E-state index in [1.54, 1.807) is 0 Å². The minimum Gasteiger partial charge on any atom is -0.493 e. The van der Waals surface area contributed by atoms with Gasteiger partial charge < -0.3 is 14.5 Å². The van der Waals surface area contributed by atoms with E-state index in [0.29, 0.717) is 19.0 Å². The van der Waals surface area contributed by atoms with Crippen molar-refractivity contribution < 1.29 is 14.3 Å². The molecule has 1 aromatic carbocycles. The summed E-state index contributed by atoms with van der Waals surface area (Å²) in [6.45, 7) is 5.68. The summed E-state index contributed by atoms with van der Waals surface area (Å²) in [5.41, 5.74) is 2.64. The van der Waals surface area contributed by atoms with Crippen molar-refractivity contribution in [2.75, 3.05) is 39.3 Å². The zero-order chi connectivity index (χ0) is 19.8. The van der Waals surface area contributed by atoms with Crippen molar-refractivity contribution in [3.05, 3.63) is 29.3 Å². The van der Waals surface area contributed by atoms with E-state index in [1.165, 1.54) is 24.0 Å². The largest absolute Gasteiger partial charge is 0.493 e. The third-order valence-electron chi connectivity index (χ3n) is 7.12. The number of piperazine rings is 1. The maximum atomic E-state index is 13.0. The van der Waals surface area contributed by atoms with Crippen LogP contribution in [0.3, 0.4) is 0 Å². The molecule has 0 N–H and O–H groups in total. The van der Waals surface area contributed by atoms with Gasteiger partial charge in [0.05, 0.1) is 12.5 Å². The van der Waals surface area contributed by atoms with E-state index in [0.717, 1.165) is 64.3 Å². The van der Waals surface area contributed by atoms with Gasteiger partial charge in [0.25, 0.3) is 0 Å². The van der Waals surface area contributed by atoms with Crippen molar-refractivity contribution in [2.24, 2.45) is 5.92 Å². The van der Waals surface area contributed by atoms with Gasteiger partial charge in [0, 0.05) is 58.2 Å². The molecule has 6 heteroatoms. The number of hydrogen-bond acceptors (Lipinski definition) is 4. The number of hydrogen-bond donors (Lipinski definition) is 0. The second kappa shape index (κ2) is 7.98. The highest BCUT2D eigenvalue weighted by Crippen LogP contribution is 2.30. The van der Waals surface area contributed by atoms with Crippen LogP contribution in [0, 0.1) is 5.92 Å². The molecular weight excluding hydrogens is 366 g/mol. The molecule has 5 rings (SSSR count). The zero-order valence-electron chi connectivity index (χ0n) is 17.1. The van der Waals surface area contributed by atoms with E-state index in [-0.39, 0.29) is 17.7 Å². The van der Waals surface area contributed by atoms with Gasteiger partial charge in [-0.25, -0.2) is 0 Å². The van der Waals surface area contributed by atoms with Gasteiger partial charge in [-0.2, -0.15) is 0 Å². The number of rotatable bonds is 4. The molecule has 1 saturated carbocycles. The summed E-state index contributed by atoms with van der Waals surface area (Å²) in [6, 6.07) is 6.89. The van der Waals surface area contributed by atoms with Crippen molar-refractivity contribution in [3.8, 4) is 5.75 Å². The first kappa shape index (κ1) is 18.9. The Morgan fingerprint density at radius 3 is 2.69 bits per heavy atom. The number of likely N-dealkylation sites (tertiary alicyclic amines) is 1. The molecule has 2 saturated heterocycles. The molecule has 3 heterocycles. The summed E-state index contributed by atoms with van der Waals surface area (Å²) in [6.07, 6.45) is 6.06. The monoisotopic (exact) mass is 397 g/mol. The summed E-state index contributed by atoms with van der Waals surface area (Å²) in [4.78, 5) is 31.9. The molecule has 2 amide bonds. The second-order valence-corrected chi connectivity index (χ2v) is 9.03.